The standard InChI is InChI=1S/C11H18N2O/c1-4-7-10(12)11(14)13(8-5-2)9-6-3/h1,5,10H,2,6-9,12H2,3H3. The van der Waals surface area contributed by atoms with Crippen molar-refractivity contribution in [1.82, 2.24) is 4.90 Å². The number of carbonyl (C=O) groups excluding carboxylic acids is 1. The smallest absolute Gasteiger partial charge is 0.240 e. The van der Waals surface area contributed by atoms with E-state index in [9.17, 15) is 4.79 Å². The zero-order valence-corrected chi connectivity index (χ0v) is 8.70. The first-order valence-corrected chi connectivity index (χ1v) is 4.76. The van der Waals surface area contributed by atoms with Crippen LogP contribution in [0, 0.1) is 12.3 Å². The molecule has 1 unspecified atom stereocenters. The zero-order valence-electron chi connectivity index (χ0n) is 8.70. The Labute approximate surface area is 86.0 Å². The maximum Gasteiger partial charge on any atom is 0.240 e. The monoisotopic (exact) mass is 194 g/mol. The van der Waals surface area contributed by atoms with Crippen molar-refractivity contribution in [1.29, 1.82) is 0 Å². The molecule has 0 radical (unpaired) electrons. The first kappa shape index (κ1) is 12.7. The molecule has 0 bridgehead atoms. The molecule has 0 fully saturated rings. The van der Waals surface area contributed by atoms with Crippen molar-refractivity contribution in [3.63, 3.8) is 0 Å². The van der Waals surface area contributed by atoms with E-state index in [2.05, 4.69) is 12.5 Å². The first-order chi connectivity index (χ1) is 6.67. The van der Waals surface area contributed by atoms with E-state index in [0.717, 1.165) is 6.42 Å². The third kappa shape index (κ3) is 4.11. The summed E-state index contributed by atoms with van der Waals surface area (Å²) >= 11 is 0. The molecule has 0 aromatic rings. The van der Waals surface area contributed by atoms with Gasteiger partial charge in [-0.3, -0.25) is 4.79 Å². The molecule has 0 rings (SSSR count). The maximum atomic E-state index is 11.7. The molecule has 0 aliphatic rings. The van der Waals surface area contributed by atoms with Gasteiger partial charge >= 0.3 is 0 Å². The second-order valence-corrected chi connectivity index (χ2v) is 3.09. The fourth-order valence-electron chi connectivity index (χ4n) is 1.17. The third-order valence-electron chi connectivity index (χ3n) is 1.81. The SMILES string of the molecule is C#CCC(N)C(=O)N(CC=C)CCC. The number of terminal acetylenes is 1. The Balaban J connectivity index is 4.27. The number of amides is 1. The summed E-state index contributed by atoms with van der Waals surface area (Å²) in [5.41, 5.74) is 5.62. The van der Waals surface area contributed by atoms with Gasteiger partial charge in [0.05, 0.1) is 6.04 Å². The number of hydrogen-bond acceptors (Lipinski definition) is 2. The molecule has 0 aliphatic heterocycles. The molecule has 3 heteroatoms. The molecule has 0 aromatic carbocycles. The number of nitrogens with zero attached hydrogens (tertiary/aromatic N) is 1. The van der Waals surface area contributed by atoms with Crippen LogP contribution in [0.25, 0.3) is 0 Å². The number of hydrogen-bond donors (Lipinski definition) is 1. The van der Waals surface area contributed by atoms with Crippen molar-refractivity contribution in [2.45, 2.75) is 25.8 Å². The molecule has 1 amide bonds. The summed E-state index contributed by atoms with van der Waals surface area (Å²) in [5.74, 6) is 2.30. The molecule has 0 saturated carbocycles. The zero-order chi connectivity index (χ0) is 11.0. The lowest BCUT2D eigenvalue weighted by Crippen LogP contribution is -2.44. The van der Waals surface area contributed by atoms with Crippen molar-refractivity contribution < 1.29 is 4.79 Å². The summed E-state index contributed by atoms with van der Waals surface area (Å²) < 4.78 is 0. The summed E-state index contributed by atoms with van der Waals surface area (Å²) in [6, 6.07) is -0.577. The highest BCUT2D eigenvalue weighted by Crippen LogP contribution is 1.98. The summed E-state index contributed by atoms with van der Waals surface area (Å²) in [6.45, 7) is 6.84. The average Bonchev–Trinajstić information content (AvgIpc) is 2.17. The Kier molecular flexibility index (Phi) is 6.51. The Morgan fingerprint density at radius 3 is 2.86 bits per heavy atom. The van der Waals surface area contributed by atoms with Gasteiger partial charge in [0.1, 0.15) is 0 Å². The van der Waals surface area contributed by atoms with E-state index in [1.165, 1.54) is 0 Å². The quantitative estimate of drug-likeness (QED) is 0.501. The lowest BCUT2D eigenvalue weighted by molar-refractivity contribution is -0.132. The van der Waals surface area contributed by atoms with E-state index in [1.807, 2.05) is 6.92 Å². The van der Waals surface area contributed by atoms with Crippen LogP contribution >= 0.6 is 0 Å². The molecule has 1 atom stereocenters. The Morgan fingerprint density at radius 2 is 2.43 bits per heavy atom. The Morgan fingerprint density at radius 1 is 1.79 bits per heavy atom. The molecular weight excluding hydrogens is 176 g/mol. The molecule has 0 aromatic heterocycles. The van der Waals surface area contributed by atoms with Crippen LogP contribution in [0.1, 0.15) is 19.8 Å². The van der Waals surface area contributed by atoms with Crippen molar-refractivity contribution >= 4 is 5.91 Å². The van der Waals surface area contributed by atoms with Crippen LogP contribution in [0.5, 0.6) is 0 Å². The molecule has 0 saturated heterocycles. The second-order valence-electron chi connectivity index (χ2n) is 3.09. The van der Waals surface area contributed by atoms with E-state index in [4.69, 9.17) is 12.2 Å². The molecule has 14 heavy (non-hydrogen) atoms. The summed E-state index contributed by atoms with van der Waals surface area (Å²) in [4.78, 5) is 13.3. The predicted molar refractivity (Wildman–Crippen MR) is 58.5 cm³/mol. The molecule has 78 valence electrons. The predicted octanol–water partition coefficient (Wildman–Crippen LogP) is 0.762. The molecule has 0 aliphatic carbocycles. The second kappa shape index (κ2) is 7.16. The van der Waals surface area contributed by atoms with Crippen LogP contribution in [-0.4, -0.2) is 29.9 Å². The number of carbonyl (C=O) groups is 1. The van der Waals surface area contributed by atoms with Gasteiger partial charge in [0.15, 0.2) is 0 Å². The van der Waals surface area contributed by atoms with E-state index in [0.29, 0.717) is 13.1 Å². The van der Waals surface area contributed by atoms with Gasteiger partial charge in [-0.1, -0.05) is 13.0 Å². The van der Waals surface area contributed by atoms with Gasteiger partial charge in [-0.15, -0.1) is 18.9 Å². The molecule has 0 heterocycles. The van der Waals surface area contributed by atoms with Crippen LogP contribution in [0.4, 0.5) is 0 Å². The molecule has 3 nitrogen and oxygen atoms in total. The van der Waals surface area contributed by atoms with Crippen LogP contribution in [-0.2, 0) is 4.79 Å². The lowest BCUT2D eigenvalue weighted by Gasteiger charge is -2.23. The average molecular weight is 194 g/mol. The summed E-state index contributed by atoms with van der Waals surface area (Å²) in [7, 11) is 0. The number of nitrogens with two attached hydrogens (primary N) is 1. The fourth-order valence-corrected chi connectivity index (χ4v) is 1.17. The minimum Gasteiger partial charge on any atom is -0.338 e. The van der Waals surface area contributed by atoms with Gasteiger partial charge in [0.2, 0.25) is 5.91 Å². The molecule has 2 N–H and O–H groups in total. The Hall–Kier alpha value is -1.27. The highest BCUT2D eigenvalue weighted by molar-refractivity contribution is 5.82. The van der Waals surface area contributed by atoms with Crippen LogP contribution in [0.2, 0.25) is 0 Å². The van der Waals surface area contributed by atoms with Gasteiger partial charge < -0.3 is 10.6 Å². The van der Waals surface area contributed by atoms with Gasteiger partial charge in [-0.2, -0.15) is 0 Å². The summed E-state index contributed by atoms with van der Waals surface area (Å²) in [6.07, 6.45) is 7.98. The van der Waals surface area contributed by atoms with Gasteiger partial charge in [0.25, 0.3) is 0 Å². The minimum absolute atomic E-state index is 0.0929. The van der Waals surface area contributed by atoms with Gasteiger partial charge in [-0.25, -0.2) is 0 Å². The molecular formula is C11H18N2O. The topological polar surface area (TPSA) is 46.3 Å². The van der Waals surface area contributed by atoms with Crippen LogP contribution in [0.3, 0.4) is 0 Å². The van der Waals surface area contributed by atoms with Crippen LogP contribution in [0.15, 0.2) is 12.7 Å². The Bertz CT molecular complexity index is 230. The maximum absolute atomic E-state index is 11.7. The summed E-state index contributed by atoms with van der Waals surface area (Å²) in [5, 5.41) is 0. The molecule has 0 spiro atoms. The van der Waals surface area contributed by atoms with Crippen LogP contribution < -0.4 is 5.73 Å². The fraction of sp³-hybridized carbons (Fsp3) is 0.545. The highest BCUT2D eigenvalue weighted by Gasteiger charge is 2.18. The minimum atomic E-state index is -0.577. The van der Waals surface area contributed by atoms with E-state index < -0.39 is 6.04 Å². The lowest BCUT2D eigenvalue weighted by atomic mass is 10.2. The van der Waals surface area contributed by atoms with Gasteiger partial charge in [-0.05, 0) is 6.42 Å². The van der Waals surface area contributed by atoms with E-state index in [1.54, 1.807) is 11.0 Å². The first-order valence-electron chi connectivity index (χ1n) is 4.76. The highest BCUT2D eigenvalue weighted by atomic mass is 16.2. The van der Waals surface area contributed by atoms with E-state index in [-0.39, 0.29) is 12.3 Å². The largest absolute Gasteiger partial charge is 0.338 e. The van der Waals surface area contributed by atoms with E-state index >= 15 is 0 Å². The van der Waals surface area contributed by atoms with Crippen molar-refractivity contribution in [2.24, 2.45) is 5.73 Å². The normalized spacial score (nSPS) is 11.5. The number of rotatable bonds is 6. The van der Waals surface area contributed by atoms with Crippen molar-refractivity contribution in [2.75, 3.05) is 13.1 Å². The van der Waals surface area contributed by atoms with Gasteiger partial charge in [0, 0.05) is 19.5 Å². The van der Waals surface area contributed by atoms with Crippen molar-refractivity contribution in [3.05, 3.63) is 12.7 Å². The van der Waals surface area contributed by atoms with Crippen molar-refractivity contribution in [3.8, 4) is 12.3 Å². The third-order valence-corrected chi connectivity index (χ3v) is 1.81.